The number of Topliss-reactive ketones (excluding diaryl/α,β-unsaturated/α-hetero) is 1. The van der Waals surface area contributed by atoms with Gasteiger partial charge in [-0.15, -0.1) is 11.3 Å². The Balaban J connectivity index is 1.58. The van der Waals surface area contributed by atoms with Crippen LogP contribution in [0.1, 0.15) is 39.7 Å². The molecule has 30 heavy (non-hydrogen) atoms. The quantitative estimate of drug-likeness (QED) is 0.450. The third-order valence-electron chi connectivity index (χ3n) is 5.93. The predicted molar refractivity (Wildman–Crippen MR) is 118 cm³/mol. The van der Waals surface area contributed by atoms with Crippen molar-refractivity contribution in [3.8, 4) is 0 Å². The predicted octanol–water partition coefficient (Wildman–Crippen LogP) is 4.30. The third kappa shape index (κ3) is 3.28. The molecule has 0 saturated carbocycles. The summed E-state index contributed by atoms with van der Waals surface area (Å²) in [4.78, 5) is 35.5. The van der Waals surface area contributed by atoms with Crippen molar-refractivity contribution >= 4 is 38.3 Å². The first kappa shape index (κ1) is 19.2. The molecule has 4 heterocycles. The maximum Gasteiger partial charge on any atom is 0.263 e. The minimum absolute atomic E-state index is 0.0703. The maximum absolute atomic E-state index is 13.4. The number of hydrogen-bond acceptors (Lipinski definition) is 6. The molecule has 0 atom stereocenters. The lowest BCUT2D eigenvalue weighted by atomic mass is 10.2. The van der Waals surface area contributed by atoms with Crippen LogP contribution in [0, 0.1) is 13.8 Å². The van der Waals surface area contributed by atoms with Crippen molar-refractivity contribution in [2.45, 2.75) is 39.8 Å². The number of aryl methyl sites for hydroxylation is 2. The average molecular weight is 422 g/mol. The topological polar surface area (TPSA) is 68.3 Å². The number of fused-ring (bicyclic) bond motifs is 2. The molecule has 6 nitrogen and oxygen atoms in total. The zero-order valence-corrected chi connectivity index (χ0v) is 17.9. The summed E-state index contributed by atoms with van der Waals surface area (Å²) in [6, 6.07) is 9.27. The lowest BCUT2D eigenvalue weighted by molar-refractivity contribution is 0.0943. The Kier molecular flexibility index (Phi) is 4.79. The third-order valence-corrected chi connectivity index (χ3v) is 7.03. The van der Waals surface area contributed by atoms with Crippen molar-refractivity contribution in [1.82, 2.24) is 14.5 Å². The molecule has 1 aliphatic rings. The standard InChI is InChI=1S/C23H23N3O3S/c1-14-15(2)30-22-21(14)23(28)26(20(24-22)13-25-9-5-6-10-25)12-17(27)19-11-16-7-3-4-8-18(16)29-19/h3-4,7-8,11H,5-6,9-10,12-13H2,1-2H3. The zero-order valence-electron chi connectivity index (χ0n) is 17.1. The first-order valence-corrected chi connectivity index (χ1v) is 11.1. The number of ketones is 1. The summed E-state index contributed by atoms with van der Waals surface area (Å²) in [5, 5.41) is 1.50. The van der Waals surface area contributed by atoms with Crippen LogP contribution in [0.25, 0.3) is 21.2 Å². The molecule has 0 aliphatic carbocycles. The van der Waals surface area contributed by atoms with E-state index in [2.05, 4.69) is 4.90 Å². The summed E-state index contributed by atoms with van der Waals surface area (Å²) in [5.74, 6) is 0.704. The highest BCUT2D eigenvalue weighted by molar-refractivity contribution is 7.18. The summed E-state index contributed by atoms with van der Waals surface area (Å²) >= 11 is 1.55. The minimum atomic E-state index is -0.221. The molecule has 1 saturated heterocycles. The fraction of sp³-hybridized carbons (Fsp3) is 0.348. The number of furan rings is 1. The highest BCUT2D eigenvalue weighted by Crippen LogP contribution is 2.27. The highest BCUT2D eigenvalue weighted by Gasteiger charge is 2.22. The minimum Gasteiger partial charge on any atom is -0.453 e. The lowest BCUT2D eigenvalue weighted by Gasteiger charge is -2.17. The van der Waals surface area contributed by atoms with Crippen molar-refractivity contribution in [2.75, 3.05) is 13.1 Å². The first-order chi connectivity index (χ1) is 14.5. The van der Waals surface area contributed by atoms with Gasteiger partial charge in [-0.3, -0.25) is 19.1 Å². The summed E-state index contributed by atoms with van der Waals surface area (Å²) in [7, 11) is 0. The molecule has 0 radical (unpaired) electrons. The van der Waals surface area contributed by atoms with Crippen molar-refractivity contribution in [3.05, 3.63) is 62.7 Å². The van der Waals surface area contributed by atoms with Crippen LogP contribution in [0.4, 0.5) is 0 Å². The highest BCUT2D eigenvalue weighted by atomic mass is 32.1. The van der Waals surface area contributed by atoms with Crippen LogP contribution in [-0.4, -0.2) is 33.3 Å². The number of carbonyl (C=O) groups is 1. The van der Waals surface area contributed by atoms with E-state index in [9.17, 15) is 9.59 Å². The molecule has 1 aromatic carbocycles. The fourth-order valence-electron chi connectivity index (χ4n) is 4.13. The molecular formula is C23H23N3O3S. The van der Waals surface area contributed by atoms with Gasteiger partial charge in [-0.25, -0.2) is 4.98 Å². The number of aromatic nitrogens is 2. The number of rotatable bonds is 5. The number of likely N-dealkylation sites (tertiary alicyclic amines) is 1. The molecule has 154 valence electrons. The van der Waals surface area contributed by atoms with E-state index in [1.807, 2.05) is 38.1 Å². The van der Waals surface area contributed by atoms with E-state index in [1.54, 1.807) is 22.0 Å². The van der Waals surface area contributed by atoms with Gasteiger partial charge in [-0.2, -0.15) is 0 Å². The van der Waals surface area contributed by atoms with E-state index >= 15 is 0 Å². The van der Waals surface area contributed by atoms with Gasteiger partial charge in [0.25, 0.3) is 5.56 Å². The van der Waals surface area contributed by atoms with E-state index in [0.717, 1.165) is 46.6 Å². The van der Waals surface area contributed by atoms with Crippen molar-refractivity contribution in [3.63, 3.8) is 0 Å². The molecule has 3 aromatic heterocycles. The van der Waals surface area contributed by atoms with Crippen molar-refractivity contribution in [2.24, 2.45) is 0 Å². The molecule has 5 rings (SSSR count). The van der Waals surface area contributed by atoms with Gasteiger partial charge in [-0.1, -0.05) is 18.2 Å². The van der Waals surface area contributed by atoms with Crippen LogP contribution < -0.4 is 5.56 Å². The fourth-order valence-corrected chi connectivity index (χ4v) is 5.17. The van der Waals surface area contributed by atoms with Crippen LogP contribution in [0.2, 0.25) is 0 Å². The molecular weight excluding hydrogens is 398 g/mol. The van der Waals surface area contributed by atoms with E-state index in [4.69, 9.17) is 9.40 Å². The number of para-hydroxylation sites is 1. The summed E-state index contributed by atoms with van der Waals surface area (Å²) < 4.78 is 7.29. The number of nitrogens with zero attached hydrogens (tertiary/aromatic N) is 3. The van der Waals surface area contributed by atoms with Gasteiger partial charge in [0.2, 0.25) is 5.78 Å². The maximum atomic E-state index is 13.4. The van der Waals surface area contributed by atoms with E-state index in [-0.39, 0.29) is 23.6 Å². The molecule has 4 aromatic rings. The second-order valence-corrected chi connectivity index (χ2v) is 9.14. The number of hydrogen-bond donors (Lipinski definition) is 0. The summed E-state index contributed by atoms with van der Waals surface area (Å²) in [6.45, 7) is 6.45. The molecule has 1 fully saturated rings. The second-order valence-electron chi connectivity index (χ2n) is 7.94. The Morgan fingerprint density at radius 1 is 1.20 bits per heavy atom. The monoisotopic (exact) mass is 421 g/mol. The summed E-state index contributed by atoms with van der Waals surface area (Å²) in [5.41, 5.74) is 1.48. The van der Waals surface area contributed by atoms with Gasteiger partial charge >= 0.3 is 0 Å². The van der Waals surface area contributed by atoms with Crippen LogP contribution in [0.15, 0.2) is 39.5 Å². The largest absolute Gasteiger partial charge is 0.453 e. The van der Waals surface area contributed by atoms with Crippen LogP contribution >= 0.6 is 11.3 Å². The molecule has 0 amide bonds. The molecule has 0 N–H and O–H groups in total. The Bertz CT molecular complexity index is 1290. The first-order valence-electron chi connectivity index (χ1n) is 10.2. The Morgan fingerprint density at radius 2 is 1.97 bits per heavy atom. The number of thiophene rings is 1. The van der Waals surface area contributed by atoms with Crippen LogP contribution in [-0.2, 0) is 13.1 Å². The van der Waals surface area contributed by atoms with E-state index in [0.29, 0.717) is 23.3 Å². The molecule has 0 unspecified atom stereocenters. The summed E-state index contributed by atoms with van der Waals surface area (Å²) in [6.07, 6.45) is 2.31. The van der Waals surface area contributed by atoms with Crippen LogP contribution in [0.5, 0.6) is 0 Å². The van der Waals surface area contributed by atoms with Crippen molar-refractivity contribution < 1.29 is 9.21 Å². The smallest absolute Gasteiger partial charge is 0.263 e. The second kappa shape index (κ2) is 7.49. The average Bonchev–Trinajstić information content (AvgIpc) is 3.45. The van der Waals surface area contributed by atoms with Gasteiger partial charge < -0.3 is 4.42 Å². The Hall–Kier alpha value is -2.77. The van der Waals surface area contributed by atoms with Gasteiger partial charge in [0.15, 0.2) is 5.76 Å². The number of benzene rings is 1. The zero-order chi connectivity index (χ0) is 20.8. The van der Waals surface area contributed by atoms with Gasteiger partial charge in [0.1, 0.15) is 16.2 Å². The Labute approximate surface area is 177 Å². The molecule has 0 bridgehead atoms. The van der Waals surface area contributed by atoms with Gasteiger partial charge in [0.05, 0.1) is 18.5 Å². The SMILES string of the molecule is Cc1sc2nc(CN3CCCC3)n(CC(=O)c3cc4ccccc4o3)c(=O)c2c1C. The normalized spacial score (nSPS) is 14.9. The number of carbonyl (C=O) groups excluding carboxylic acids is 1. The van der Waals surface area contributed by atoms with Crippen LogP contribution in [0.3, 0.4) is 0 Å². The van der Waals surface area contributed by atoms with Gasteiger partial charge in [-0.05, 0) is 57.5 Å². The Morgan fingerprint density at radius 3 is 2.73 bits per heavy atom. The lowest BCUT2D eigenvalue weighted by Crippen LogP contribution is -2.32. The van der Waals surface area contributed by atoms with E-state index in [1.165, 1.54) is 0 Å². The molecule has 0 spiro atoms. The molecule has 1 aliphatic heterocycles. The molecule has 7 heteroatoms. The van der Waals surface area contributed by atoms with Crippen molar-refractivity contribution in [1.29, 1.82) is 0 Å². The van der Waals surface area contributed by atoms with E-state index < -0.39 is 0 Å². The van der Waals surface area contributed by atoms with Gasteiger partial charge in [0, 0.05) is 10.3 Å².